The van der Waals surface area contributed by atoms with Crippen molar-refractivity contribution in [2.45, 2.75) is 18.2 Å². The molecule has 0 saturated carbocycles. The molecule has 3 aromatic rings. The van der Waals surface area contributed by atoms with Crippen LogP contribution in [0, 0.1) is 0 Å². The fourth-order valence-electron chi connectivity index (χ4n) is 3.26. The molecule has 0 radical (unpaired) electrons. The summed E-state index contributed by atoms with van der Waals surface area (Å²) in [4.78, 5) is 1.28. The van der Waals surface area contributed by atoms with Gasteiger partial charge in [-0.25, -0.2) is 8.42 Å². The third-order valence-electron chi connectivity index (χ3n) is 4.65. The first-order valence-electron chi connectivity index (χ1n) is 8.36. The third-order valence-corrected chi connectivity index (χ3v) is 7.59. The van der Waals surface area contributed by atoms with Crippen molar-refractivity contribution in [3.63, 3.8) is 0 Å². The molecule has 0 saturated heterocycles. The smallest absolute Gasteiger partial charge is 0.264 e. The zero-order chi connectivity index (χ0) is 18.3. The molecule has 4 nitrogen and oxygen atoms in total. The minimum Gasteiger partial charge on any atom is -0.497 e. The maximum absolute atomic E-state index is 13.2. The summed E-state index contributed by atoms with van der Waals surface area (Å²) in [6, 6.07) is 16.8. The fourth-order valence-corrected chi connectivity index (χ4v) is 6.07. The molecule has 26 heavy (non-hydrogen) atoms. The third kappa shape index (κ3) is 2.79. The SMILES string of the molecule is COc1ccc(S(=O)(=O)N2CCC(C)=C2c2cc3ccccc3s2)cc1. The lowest BCUT2D eigenvalue weighted by molar-refractivity contribution is 0.414. The summed E-state index contributed by atoms with van der Waals surface area (Å²) >= 11 is 1.64. The van der Waals surface area contributed by atoms with Crippen molar-refractivity contribution < 1.29 is 13.2 Å². The van der Waals surface area contributed by atoms with E-state index < -0.39 is 10.0 Å². The molecule has 1 aromatic heterocycles. The van der Waals surface area contributed by atoms with Crippen LogP contribution in [0.4, 0.5) is 0 Å². The van der Waals surface area contributed by atoms with E-state index in [0.717, 1.165) is 32.7 Å². The Morgan fingerprint density at radius 2 is 1.81 bits per heavy atom. The number of fused-ring (bicyclic) bond motifs is 1. The monoisotopic (exact) mass is 385 g/mol. The summed E-state index contributed by atoms with van der Waals surface area (Å²) in [6.07, 6.45) is 0.749. The highest BCUT2D eigenvalue weighted by Gasteiger charge is 2.33. The number of hydrogen-bond acceptors (Lipinski definition) is 4. The van der Waals surface area contributed by atoms with Gasteiger partial charge >= 0.3 is 0 Å². The molecule has 2 aromatic carbocycles. The van der Waals surface area contributed by atoms with E-state index >= 15 is 0 Å². The number of methoxy groups -OCH3 is 1. The number of sulfonamides is 1. The number of thiophene rings is 1. The van der Waals surface area contributed by atoms with Gasteiger partial charge in [0.25, 0.3) is 10.0 Å². The summed E-state index contributed by atoms with van der Waals surface area (Å²) in [5.41, 5.74) is 1.93. The standard InChI is InChI=1S/C20H19NO3S2/c1-14-11-12-21(26(22,23)17-9-7-16(24-2)8-10-17)20(14)19-13-15-5-3-4-6-18(15)25-19/h3-10,13H,11-12H2,1-2H3. The molecule has 6 heteroatoms. The van der Waals surface area contributed by atoms with Crippen molar-refractivity contribution in [2.24, 2.45) is 0 Å². The second-order valence-corrected chi connectivity index (χ2v) is 9.23. The Labute approximate surface area is 157 Å². The van der Waals surface area contributed by atoms with Gasteiger partial charge in [0.1, 0.15) is 5.75 Å². The maximum atomic E-state index is 13.2. The van der Waals surface area contributed by atoms with Gasteiger partial charge in [0, 0.05) is 11.2 Å². The highest BCUT2D eigenvalue weighted by Crippen LogP contribution is 2.40. The van der Waals surface area contributed by atoms with Crippen LogP contribution in [0.1, 0.15) is 18.2 Å². The van der Waals surface area contributed by atoms with Crippen molar-refractivity contribution in [3.8, 4) is 5.75 Å². The lowest BCUT2D eigenvalue weighted by Crippen LogP contribution is -2.27. The summed E-state index contributed by atoms with van der Waals surface area (Å²) in [6.45, 7) is 2.49. The number of benzene rings is 2. The molecule has 134 valence electrons. The molecular formula is C20H19NO3S2. The molecule has 0 bridgehead atoms. The number of ether oxygens (including phenoxy) is 1. The van der Waals surface area contributed by atoms with Gasteiger partial charge in [0.2, 0.25) is 0 Å². The van der Waals surface area contributed by atoms with Gasteiger partial charge in [-0.3, -0.25) is 4.31 Å². The van der Waals surface area contributed by atoms with Crippen LogP contribution in [0.3, 0.4) is 0 Å². The van der Waals surface area contributed by atoms with Crippen molar-refractivity contribution in [1.29, 1.82) is 0 Å². The zero-order valence-electron chi connectivity index (χ0n) is 14.6. The second kappa shape index (κ2) is 6.45. The average Bonchev–Trinajstić information content (AvgIpc) is 3.25. The molecule has 4 rings (SSSR count). The summed E-state index contributed by atoms with van der Waals surface area (Å²) in [5.74, 6) is 0.641. The van der Waals surface area contributed by atoms with Gasteiger partial charge in [-0.05, 0) is 60.7 Å². The van der Waals surface area contributed by atoms with Crippen molar-refractivity contribution in [3.05, 3.63) is 65.0 Å². The normalized spacial score (nSPS) is 15.1. The second-order valence-electron chi connectivity index (χ2n) is 6.28. The van der Waals surface area contributed by atoms with E-state index in [1.807, 2.05) is 19.1 Å². The topological polar surface area (TPSA) is 46.6 Å². The summed E-state index contributed by atoms with van der Waals surface area (Å²) in [7, 11) is -2.04. The first-order chi connectivity index (χ1) is 12.5. The molecule has 0 amide bonds. The Kier molecular flexibility index (Phi) is 4.25. The highest BCUT2D eigenvalue weighted by atomic mass is 32.2. The van der Waals surface area contributed by atoms with Crippen LogP contribution >= 0.6 is 11.3 Å². The molecule has 0 unspecified atom stereocenters. The maximum Gasteiger partial charge on any atom is 0.264 e. The highest BCUT2D eigenvalue weighted by molar-refractivity contribution is 7.89. The summed E-state index contributed by atoms with van der Waals surface area (Å²) in [5, 5.41) is 1.14. The number of rotatable bonds is 4. The van der Waals surface area contributed by atoms with Crippen molar-refractivity contribution in [1.82, 2.24) is 4.31 Å². The van der Waals surface area contributed by atoms with Gasteiger partial charge in [-0.1, -0.05) is 18.2 Å². The van der Waals surface area contributed by atoms with Crippen LogP contribution < -0.4 is 4.74 Å². The molecule has 2 heterocycles. The van der Waals surface area contributed by atoms with E-state index in [1.54, 1.807) is 47.0 Å². The number of nitrogens with zero attached hydrogens (tertiary/aromatic N) is 1. The minimum absolute atomic E-state index is 0.284. The molecule has 0 atom stereocenters. The largest absolute Gasteiger partial charge is 0.497 e. The Bertz CT molecular complexity index is 1060. The molecular weight excluding hydrogens is 366 g/mol. The Morgan fingerprint density at radius 1 is 1.08 bits per heavy atom. The van der Waals surface area contributed by atoms with Crippen LogP contribution in [0.2, 0.25) is 0 Å². The van der Waals surface area contributed by atoms with E-state index in [2.05, 4.69) is 18.2 Å². The van der Waals surface area contributed by atoms with Gasteiger partial charge in [0.15, 0.2) is 0 Å². The van der Waals surface area contributed by atoms with Crippen LogP contribution in [-0.4, -0.2) is 26.4 Å². The average molecular weight is 386 g/mol. The van der Waals surface area contributed by atoms with Crippen LogP contribution in [0.15, 0.2) is 65.1 Å². The molecule has 1 aliphatic heterocycles. The predicted octanol–water partition coefficient (Wildman–Crippen LogP) is 4.74. The van der Waals surface area contributed by atoms with Gasteiger partial charge in [0.05, 0.1) is 22.6 Å². The Balaban J connectivity index is 1.77. The lowest BCUT2D eigenvalue weighted by atomic mass is 10.2. The predicted molar refractivity (Wildman–Crippen MR) is 106 cm³/mol. The van der Waals surface area contributed by atoms with Crippen LogP contribution in [0.5, 0.6) is 5.75 Å². The quantitative estimate of drug-likeness (QED) is 0.652. The minimum atomic E-state index is -3.60. The molecule has 0 aliphatic carbocycles. The zero-order valence-corrected chi connectivity index (χ0v) is 16.2. The first-order valence-corrected chi connectivity index (χ1v) is 10.6. The van der Waals surface area contributed by atoms with Crippen LogP contribution in [0.25, 0.3) is 15.8 Å². The molecule has 0 N–H and O–H groups in total. The van der Waals surface area contributed by atoms with E-state index in [0.29, 0.717) is 12.3 Å². The van der Waals surface area contributed by atoms with Crippen molar-refractivity contribution >= 4 is 37.1 Å². The fraction of sp³-hybridized carbons (Fsp3) is 0.200. The van der Waals surface area contributed by atoms with E-state index in [1.165, 1.54) is 0 Å². The van der Waals surface area contributed by atoms with E-state index in [-0.39, 0.29) is 4.90 Å². The van der Waals surface area contributed by atoms with Gasteiger partial charge < -0.3 is 4.74 Å². The first kappa shape index (κ1) is 17.1. The van der Waals surface area contributed by atoms with E-state index in [9.17, 15) is 8.42 Å². The lowest BCUT2D eigenvalue weighted by Gasteiger charge is -2.22. The summed E-state index contributed by atoms with van der Waals surface area (Å²) < 4.78 is 34.3. The molecule has 0 spiro atoms. The van der Waals surface area contributed by atoms with Gasteiger partial charge in [-0.15, -0.1) is 11.3 Å². The number of hydrogen-bond donors (Lipinski definition) is 0. The Hall–Kier alpha value is -2.31. The van der Waals surface area contributed by atoms with Crippen molar-refractivity contribution in [2.75, 3.05) is 13.7 Å². The molecule has 1 aliphatic rings. The van der Waals surface area contributed by atoms with E-state index in [4.69, 9.17) is 4.74 Å². The Morgan fingerprint density at radius 3 is 2.50 bits per heavy atom. The van der Waals surface area contributed by atoms with Crippen LogP contribution in [-0.2, 0) is 10.0 Å². The molecule has 0 fully saturated rings. The van der Waals surface area contributed by atoms with Gasteiger partial charge in [-0.2, -0.15) is 0 Å².